The molecule has 0 radical (unpaired) electrons. The normalized spacial score (nSPS) is 11.5. The molecule has 1 amide bonds. The molecule has 3 rings (SSSR count). The van der Waals surface area contributed by atoms with Crippen molar-refractivity contribution in [3.05, 3.63) is 95.1 Å². The summed E-state index contributed by atoms with van der Waals surface area (Å²) in [6.07, 6.45) is 0.218. The molecule has 1 atom stereocenters. The number of amides is 1. The molecule has 0 saturated heterocycles. The van der Waals surface area contributed by atoms with E-state index in [1.165, 1.54) is 0 Å². The minimum absolute atomic E-state index is 0.0489. The first kappa shape index (κ1) is 21.1. The Bertz CT molecular complexity index is 1010. The maximum absolute atomic E-state index is 13.1. The number of aliphatic carboxylic acids is 1. The molecule has 0 spiro atoms. The molecule has 3 aromatic rings. The molecule has 0 bridgehead atoms. The number of carboxylic acid groups (broad SMARTS) is 1. The minimum Gasteiger partial charge on any atom is -0.481 e. The van der Waals surface area contributed by atoms with Crippen molar-refractivity contribution in [1.82, 2.24) is 5.32 Å². The van der Waals surface area contributed by atoms with Crippen LogP contribution in [0.3, 0.4) is 0 Å². The average molecular weight is 403 g/mol. The Morgan fingerprint density at radius 2 is 1.67 bits per heavy atom. The molecule has 5 nitrogen and oxygen atoms in total. The Balaban J connectivity index is 1.84. The lowest BCUT2D eigenvalue weighted by Gasteiger charge is -2.17. The molecule has 0 saturated carbocycles. The number of para-hydroxylation sites is 1. The predicted octanol–water partition coefficient (Wildman–Crippen LogP) is 5.30. The quantitative estimate of drug-likeness (QED) is 0.535. The van der Waals surface area contributed by atoms with Crippen molar-refractivity contribution in [1.29, 1.82) is 0 Å². The van der Waals surface area contributed by atoms with E-state index in [2.05, 4.69) is 5.32 Å². The molecule has 0 heterocycles. The Kier molecular flexibility index (Phi) is 6.86. The Hall–Kier alpha value is -3.60. The number of nitrogens with one attached hydrogen (secondary N) is 1. The fourth-order valence-corrected chi connectivity index (χ4v) is 3.13. The number of rotatable bonds is 8. The standard InChI is InChI=1S/C25H25NO4/c1-17-8-10-19(11-9-17)18(2)26-25(29)23-16-22(30-21-6-4-3-5-7-21)14-12-20(23)13-15-24(27)28/h3-12,14,16,18H,13,15H2,1-2H3,(H,26,29)(H,27,28)/t18-/m1/s1. The second-order valence-corrected chi connectivity index (χ2v) is 7.23. The average Bonchev–Trinajstić information content (AvgIpc) is 2.73. The zero-order valence-corrected chi connectivity index (χ0v) is 17.1. The van der Waals surface area contributed by atoms with Crippen LogP contribution in [0.4, 0.5) is 0 Å². The van der Waals surface area contributed by atoms with Gasteiger partial charge in [-0.15, -0.1) is 0 Å². The molecule has 5 heteroatoms. The molecule has 0 aliphatic rings. The van der Waals surface area contributed by atoms with Gasteiger partial charge in [0.25, 0.3) is 5.91 Å². The van der Waals surface area contributed by atoms with Gasteiger partial charge in [0.05, 0.1) is 6.04 Å². The van der Waals surface area contributed by atoms with Crippen molar-refractivity contribution in [2.75, 3.05) is 0 Å². The van der Waals surface area contributed by atoms with Crippen molar-refractivity contribution in [2.24, 2.45) is 0 Å². The van der Waals surface area contributed by atoms with Crippen molar-refractivity contribution in [3.63, 3.8) is 0 Å². The molecule has 3 aromatic carbocycles. The summed E-state index contributed by atoms with van der Waals surface area (Å²) in [6.45, 7) is 3.93. The van der Waals surface area contributed by atoms with Crippen LogP contribution < -0.4 is 10.1 Å². The zero-order valence-electron chi connectivity index (χ0n) is 17.1. The number of hydrogen-bond acceptors (Lipinski definition) is 3. The maximum atomic E-state index is 13.1. The Labute approximate surface area is 176 Å². The highest BCUT2D eigenvalue weighted by molar-refractivity contribution is 5.96. The van der Waals surface area contributed by atoms with E-state index in [9.17, 15) is 9.59 Å². The van der Waals surface area contributed by atoms with Crippen LogP contribution in [0.1, 0.15) is 46.4 Å². The first-order chi connectivity index (χ1) is 14.4. The molecular weight excluding hydrogens is 378 g/mol. The van der Waals surface area contributed by atoms with Crippen LogP contribution in [0, 0.1) is 6.92 Å². The third-order valence-electron chi connectivity index (χ3n) is 4.84. The molecule has 0 fully saturated rings. The fraction of sp³-hybridized carbons (Fsp3) is 0.200. The van der Waals surface area contributed by atoms with Gasteiger partial charge in [0.1, 0.15) is 11.5 Å². The summed E-state index contributed by atoms with van der Waals surface area (Å²) >= 11 is 0. The lowest BCUT2D eigenvalue weighted by atomic mass is 10.0. The molecule has 30 heavy (non-hydrogen) atoms. The lowest BCUT2D eigenvalue weighted by molar-refractivity contribution is -0.136. The van der Waals surface area contributed by atoms with Crippen LogP contribution >= 0.6 is 0 Å². The number of ether oxygens (including phenoxy) is 1. The van der Waals surface area contributed by atoms with Gasteiger partial charge in [0, 0.05) is 12.0 Å². The fourth-order valence-electron chi connectivity index (χ4n) is 3.13. The Morgan fingerprint density at radius 3 is 2.33 bits per heavy atom. The lowest BCUT2D eigenvalue weighted by Crippen LogP contribution is -2.27. The van der Waals surface area contributed by atoms with Crippen molar-refractivity contribution < 1.29 is 19.4 Å². The highest BCUT2D eigenvalue weighted by Gasteiger charge is 2.17. The van der Waals surface area contributed by atoms with Gasteiger partial charge in [-0.05, 0) is 55.7 Å². The van der Waals surface area contributed by atoms with E-state index in [4.69, 9.17) is 9.84 Å². The topological polar surface area (TPSA) is 75.6 Å². The number of aryl methyl sites for hydroxylation is 2. The van der Waals surface area contributed by atoms with Crippen LogP contribution in [0.25, 0.3) is 0 Å². The maximum Gasteiger partial charge on any atom is 0.303 e. The first-order valence-electron chi connectivity index (χ1n) is 9.87. The summed E-state index contributed by atoms with van der Waals surface area (Å²) in [5, 5.41) is 12.1. The molecule has 0 aliphatic heterocycles. The smallest absolute Gasteiger partial charge is 0.303 e. The summed E-state index contributed by atoms with van der Waals surface area (Å²) in [4.78, 5) is 24.1. The molecule has 0 unspecified atom stereocenters. The van der Waals surface area contributed by atoms with E-state index in [1.807, 2.05) is 68.4 Å². The summed E-state index contributed by atoms with van der Waals surface area (Å²) in [6, 6.07) is 22.3. The highest BCUT2D eigenvalue weighted by atomic mass is 16.5. The van der Waals surface area contributed by atoms with Crippen molar-refractivity contribution in [3.8, 4) is 11.5 Å². The van der Waals surface area contributed by atoms with Gasteiger partial charge < -0.3 is 15.2 Å². The number of carbonyl (C=O) groups excluding carboxylic acids is 1. The summed E-state index contributed by atoms with van der Waals surface area (Å²) in [7, 11) is 0. The molecule has 0 aliphatic carbocycles. The zero-order chi connectivity index (χ0) is 21.5. The van der Waals surface area contributed by atoms with Crippen molar-refractivity contribution >= 4 is 11.9 Å². The van der Waals surface area contributed by atoms with Gasteiger partial charge in [0.15, 0.2) is 0 Å². The summed E-state index contributed by atoms with van der Waals surface area (Å²) in [5.74, 6) is 0.0181. The van der Waals surface area contributed by atoms with Crippen LogP contribution in [0.5, 0.6) is 11.5 Å². The number of carbonyl (C=O) groups is 2. The van der Waals surface area contributed by atoms with E-state index >= 15 is 0 Å². The minimum atomic E-state index is -0.904. The second-order valence-electron chi connectivity index (χ2n) is 7.23. The predicted molar refractivity (Wildman–Crippen MR) is 116 cm³/mol. The second kappa shape index (κ2) is 9.74. The van der Waals surface area contributed by atoms with E-state index in [0.717, 1.165) is 11.1 Å². The molecular formula is C25H25NO4. The van der Waals surface area contributed by atoms with Crippen LogP contribution in [0.15, 0.2) is 72.8 Å². The number of carboxylic acids is 1. The van der Waals surface area contributed by atoms with E-state index in [0.29, 0.717) is 22.6 Å². The van der Waals surface area contributed by atoms with Gasteiger partial charge in [0.2, 0.25) is 0 Å². The third-order valence-corrected chi connectivity index (χ3v) is 4.84. The van der Waals surface area contributed by atoms with Crippen LogP contribution in [-0.4, -0.2) is 17.0 Å². The molecule has 0 aromatic heterocycles. The van der Waals surface area contributed by atoms with Crippen LogP contribution in [-0.2, 0) is 11.2 Å². The largest absolute Gasteiger partial charge is 0.481 e. The van der Waals surface area contributed by atoms with Gasteiger partial charge in [-0.1, -0.05) is 54.1 Å². The van der Waals surface area contributed by atoms with E-state index in [1.54, 1.807) is 18.2 Å². The van der Waals surface area contributed by atoms with Gasteiger partial charge in [-0.25, -0.2) is 0 Å². The van der Waals surface area contributed by atoms with Crippen molar-refractivity contribution in [2.45, 2.75) is 32.7 Å². The first-order valence-corrected chi connectivity index (χ1v) is 9.87. The Morgan fingerprint density at radius 1 is 0.967 bits per heavy atom. The van der Waals surface area contributed by atoms with E-state index < -0.39 is 5.97 Å². The summed E-state index contributed by atoms with van der Waals surface area (Å²) < 4.78 is 5.86. The molecule has 2 N–H and O–H groups in total. The van der Waals surface area contributed by atoms with Gasteiger partial charge in [-0.3, -0.25) is 9.59 Å². The monoisotopic (exact) mass is 403 g/mol. The number of benzene rings is 3. The van der Waals surface area contributed by atoms with Gasteiger partial charge in [-0.2, -0.15) is 0 Å². The highest BCUT2D eigenvalue weighted by Crippen LogP contribution is 2.25. The van der Waals surface area contributed by atoms with Gasteiger partial charge >= 0.3 is 5.97 Å². The van der Waals surface area contributed by atoms with Crippen LogP contribution in [0.2, 0.25) is 0 Å². The molecule has 154 valence electrons. The number of hydrogen-bond donors (Lipinski definition) is 2. The SMILES string of the molecule is Cc1ccc([C@@H](C)NC(=O)c2cc(Oc3ccccc3)ccc2CCC(=O)O)cc1. The van der Waals surface area contributed by atoms with E-state index in [-0.39, 0.29) is 24.8 Å². The third kappa shape index (κ3) is 5.70. The summed E-state index contributed by atoms with van der Waals surface area (Å²) in [5.41, 5.74) is 3.24.